The number of nitrogens with zero attached hydrogens (tertiary/aromatic N) is 2. The molecule has 1 saturated carbocycles. The molecule has 3 N–H and O–H groups in total. The molecule has 144 valence electrons. The van der Waals surface area contributed by atoms with Crippen molar-refractivity contribution in [1.29, 1.82) is 0 Å². The minimum atomic E-state index is -0.565. The second kappa shape index (κ2) is 7.05. The fourth-order valence-corrected chi connectivity index (χ4v) is 4.32. The number of amides is 3. The van der Waals surface area contributed by atoms with Crippen LogP contribution in [-0.2, 0) is 22.7 Å². The first kappa shape index (κ1) is 18.1. The third-order valence-electron chi connectivity index (χ3n) is 6.00. The summed E-state index contributed by atoms with van der Waals surface area (Å²) in [7, 11) is 2.08. The molecule has 3 amide bonds. The Labute approximate surface area is 158 Å². The van der Waals surface area contributed by atoms with Crippen LogP contribution in [-0.4, -0.2) is 53.2 Å². The van der Waals surface area contributed by atoms with Gasteiger partial charge in [0, 0.05) is 37.7 Å². The molecule has 1 aromatic carbocycles. The van der Waals surface area contributed by atoms with Crippen molar-refractivity contribution in [1.82, 2.24) is 15.1 Å². The van der Waals surface area contributed by atoms with Gasteiger partial charge in [0.25, 0.3) is 5.91 Å². The first-order valence-electron chi connectivity index (χ1n) is 9.64. The van der Waals surface area contributed by atoms with Crippen molar-refractivity contribution in [2.45, 2.75) is 50.9 Å². The Bertz CT molecular complexity index is 789. The number of carbonyl (C=O) groups is 3. The minimum Gasteiger partial charge on any atom is -0.329 e. The summed E-state index contributed by atoms with van der Waals surface area (Å²) in [5.41, 5.74) is 8.62. The summed E-state index contributed by atoms with van der Waals surface area (Å²) in [5.74, 6) is -0.0703. The minimum absolute atomic E-state index is 0.124. The van der Waals surface area contributed by atoms with Crippen molar-refractivity contribution in [3.8, 4) is 0 Å². The zero-order valence-corrected chi connectivity index (χ0v) is 15.6. The molecule has 1 aliphatic carbocycles. The van der Waals surface area contributed by atoms with Gasteiger partial charge in [-0.1, -0.05) is 12.1 Å². The van der Waals surface area contributed by atoms with Crippen molar-refractivity contribution >= 4 is 17.7 Å². The van der Waals surface area contributed by atoms with E-state index in [1.165, 1.54) is 12.8 Å². The fourth-order valence-electron chi connectivity index (χ4n) is 4.32. The van der Waals surface area contributed by atoms with Crippen LogP contribution in [0.5, 0.6) is 0 Å². The van der Waals surface area contributed by atoms with Gasteiger partial charge in [-0.2, -0.15) is 0 Å². The van der Waals surface area contributed by atoms with Gasteiger partial charge < -0.3 is 10.6 Å². The Morgan fingerprint density at radius 3 is 2.70 bits per heavy atom. The molecule has 7 nitrogen and oxygen atoms in total. The van der Waals surface area contributed by atoms with E-state index in [4.69, 9.17) is 5.73 Å². The molecule has 0 bridgehead atoms. The van der Waals surface area contributed by atoms with Gasteiger partial charge in [-0.05, 0) is 49.4 Å². The monoisotopic (exact) mass is 370 g/mol. The molecule has 2 fully saturated rings. The Hall–Kier alpha value is -2.25. The van der Waals surface area contributed by atoms with Crippen molar-refractivity contribution in [3.63, 3.8) is 0 Å². The number of imide groups is 1. The van der Waals surface area contributed by atoms with Gasteiger partial charge in [0.1, 0.15) is 6.04 Å². The number of piperidine rings is 1. The Morgan fingerprint density at radius 2 is 2.04 bits per heavy atom. The summed E-state index contributed by atoms with van der Waals surface area (Å²) in [6, 6.07) is 5.80. The van der Waals surface area contributed by atoms with Gasteiger partial charge in [0.2, 0.25) is 11.8 Å². The van der Waals surface area contributed by atoms with E-state index in [0.29, 0.717) is 37.0 Å². The van der Waals surface area contributed by atoms with Gasteiger partial charge in [0.05, 0.1) is 0 Å². The predicted molar refractivity (Wildman–Crippen MR) is 99.5 cm³/mol. The largest absolute Gasteiger partial charge is 0.329 e. The summed E-state index contributed by atoms with van der Waals surface area (Å²) in [6.07, 6.45) is 3.15. The van der Waals surface area contributed by atoms with Crippen molar-refractivity contribution in [3.05, 3.63) is 34.9 Å². The lowest BCUT2D eigenvalue weighted by Crippen LogP contribution is -2.52. The number of nitrogens with one attached hydrogen (secondary N) is 1. The SMILES string of the molecule is CN(Cc1ccc2c(c1)C(=O)N(C1CCC(=O)NC1=O)C2)C(CN)C1CC1. The lowest BCUT2D eigenvalue weighted by atomic mass is 10.0. The topological polar surface area (TPSA) is 95.7 Å². The molecule has 4 rings (SSSR count). The number of carbonyl (C=O) groups excluding carboxylic acids is 3. The molecular weight excluding hydrogens is 344 g/mol. The predicted octanol–water partition coefficient (Wildman–Crippen LogP) is 0.617. The summed E-state index contributed by atoms with van der Waals surface area (Å²) in [4.78, 5) is 40.3. The van der Waals surface area contributed by atoms with Gasteiger partial charge in [-0.15, -0.1) is 0 Å². The van der Waals surface area contributed by atoms with Crippen LogP contribution in [0.15, 0.2) is 18.2 Å². The average molecular weight is 370 g/mol. The zero-order valence-electron chi connectivity index (χ0n) is 15.6. The van der Waals surface area contributed by atoms with E-state index in [1.54, 1.807) is 4.90 Å². The maximum atomic E-state index is 12.9. The second-order valence-electron chi connectivity index (χ2n) is 7.95. The molecule has 0 radical (unpaired) electrons. The molecule has 1 aromatic rings. The lowest BCUT2D eigenvalue weighted by Gasteiger charge is -2.29. The highest BCUT2D eigenvalue weighted by molar-refractivity contribution is 6.05. The summed E-state index contributed by atoms with van der Waals surface area (Å²) >= 11 is 0. The van der Waals surface area contributed by atoms with E-state index in [0.717, 1.165) is 17.7 Å². The molecule has 1 saturated heterocycles. The van der Waals surface area contributed by atoms with Gasteiger partial charge >= 0.3 is 0 Å². The van der Waals surface area contributed by atoms with E-state index in [2.05, 4.69) is 23.3 Å². The molecule has 7 heteroatoms. The normalized spacial score (nSPS) is 23.6. The van der Waals surface area contributed by atoms with E-state index < -0.39 is 6.04 Å². The molecule has 3 aliphatic rings. The maximum Gasteiger partial charge on any atom is 0.255 e. The van der Waals surface area contributed by atoms with Gasteiger partial charge in [0.15, 0.2) is 0 Å². The molecule has 0 spiro atoms. The summed E-state index contributed by atoms with van der Waals surface area (Å²) in [6.45, 7) is 1.82. The van der Waals surface area contributed by atoms with Crippen molar-refractivity contribution in [2.75, 3.05) is 13.6 Å². The second-order valence-corrected chi connectivity index (χ2v) is 7.95. The zero-order chi connectivity index (χ0) is 19.1. The third-order valence-corrected chi connectivity index (χ3v) is 6.00. The molecule has 2 aliphatic heterocycles. The fraction of sp³-hybridized carbons (Fsp3) is 0.550. The van der Waals surface area contributed by atoms with Crippen LogP contribution in [0.4, 0.5) is 0 Å². The van der Waals surface area contributed by atoms with E-state index >= 15 is 0 Å². The lowest BCUT2D eigenvalue weighted by molar-refractivity contribution is -0.136. The first-order valence-corrected chi connectivity index (χ1v) is 9.64. The van der Waals surface area contributed by atoms with Gasteiger partial charge in [-0.25, -0.2) is 0 Å². The van der Waals surface area contributed by atoms with Crippen LogP contribution in [0, 0.1) is 5.92 Å². The summed E-state index contributed by atoms with van der Waals surface area (Å²) in [5, 5.41) is 2.34. The third kappa shape index (κ3) is 3.49. The number of rotatable bonds is 6. The van der Waals surface area contributed by atoms with E-state index in [1.807, 2.05) is 12.1 Å². The van der Waals surface area contributed by atoms with Gasteiger partial charge in [-0.3, -0.25) is 24.6 Å². The van der Waals surface area contributed by atoms with Crippen LogP contribution < -0.4 is 11.1 Å². The Morgan fingerprint density at radius 1 is 1.26 bits per heavy atom. The highest BCUT2D eigenvalue weighted by Gasteiger charge is 2.39. The molecule has 2 heterocycles. The smallest absolute Gasteiger partial charge is 0.255 e. The highest BCUT2D eigenvalue weighted by atomic mass is 16.2. The number of hydrogen-bond donors (Lipinski definition) is 2. The van der Waals surface area contributed by atoms with Crippen molar-refractivity contribution < 1.29 is 14.4 Å². The Kier molecular flexibility index (Phi) is 4.74. The van der Waals surface area contributed by atoms with Crippen LogP contribution in [0.25, 0.3) is 0 Å². The molecular formula is C20H26N4O3. The quantitative estimate of drug-likeness (QED) is 0.716. The number of likely N-dealkylation sites (N-methyl/N-ethyl adjacent to an activating group) is 1. The maximum absolute atomic E-state index is 12.9. The molecule has 27 heavy (non-hydrogen) atoms. The number of benzene rings is 1. The highest BCUT2D eigenvalue weighted by Crippen LogP contribution is 2.35. The number of nitrogens with two attached hydrogens (primary N) is 1. The summed E-state index contributed by atoms with van der Waals surface area (Å²) < 4.78 is 0. The Balaban J connectivity index is 1.48. The van der Waals surface area contributed by atoms with Crippen molar-refractivity contribution in [2.24, 2.45) is 11.7 Å². The number of hydrogen-bond acceptors (Lipinski definition) is 5. The molecule has 2 unspecified atom stereocenters. The average Bonchev–Trinajstić information content (AvgIpc) is 3.41. The van der Waals surface area contributed by atoms with Crippen LogP contribution in [0.1, 0.15) is 47.2 Å². The number of fused-ring (bicyclic) bond motifs is 1. The van der Waals surface area contributed by atoms with Crippen LogP contribution in [0.3, 0.4) is 0 Å². The van der Waals surface area contributed by atoms with E-state index in [-0.39, 0.29) is 24.1 Å². The van der Waals surface area contributed by atoms with E-state index in [9.17, 15) is 14.4 Å². The molecule has 2 atom stereocenters. The van der Waals surface area contributed by atoms with Crippen LogP contribution in [0.2, 0.25) is 0 Å². The first-order chi connectivity index (χ1) is 13.0. The standard InChI is InChI=1S/C20H26N4O3/c1-23(17(9-21)13-4-5-13)10-12-2-3-14-11-24(20(27)15(14)8-12)16-6-7-18(25)22-19(16)26/h2-3,8,13,16-17H,4-7,9-11,21H2,1H3,(H,22,25,26). The molecule has 0 aromatic heterocycles. The van der Waals surface area contributed by atoms with Crippen LogP contribution >= 0.6 is 0 Å².